The van der Waals surface area contributed by atoms with Gasteiger partial charge in [-0.1, -0.05) is 17.7 Å². The number of carbonyl (C=O) groups is 1. The normalized spacial score (nSPS) is 10.7. The van der Waals surface area contributed by atoms with E-state index in [1.54, 1.807) is 0 Å². The molecule has 0 unspecified atom stereocenters. The molecule has 0 aliphatic rings. The van der Waals surface area contributed by atoms with Gasteiger partial charge in [-0.15, -0.1) is 0 Å². The van der Waals surface area contributed by atoms with E-state index in [1.807, 2.05) is 0 Å². The summed E-state index contributed by atoms with van der Waals surface area (Å²) in [5.74, 6) is -1.45. The maximum atomic E-state index is 13.5. The lowest BCUT2D eigenvalue weighted by atomic mass is 10.2. The molecule has 0 aliphatic heterocycles. The lowest BCUT2D eigenvalue weighted by Gasteiger charge is -2.12. The highest BCUT2D eigenvalue weighted by atomic mass is 35.5. The van der Waals surface area contributed by atoms with E-state index < -0.39 is 17.5 Å². The second-order valence-electron chi connectivity index (χ2n) is 4.64. The molecule has 0 bridgehead atoms. The quantitative estimate of drug-likeness (QED) is 0.816. The number of carbonyl (C=O) groups excluding carboxylic acids is 1. The smallest absolute Gasteiger partial charge is 0.248 e. The zero-order valence-electron chi connectivity index (χ0n) is 12.9. The van der Waals surface area contributed by atoms with Crippen LogP contribution in [0.2, 0.25) is 5.02 Å². The second-order valence-corrected chi connectivity index (χ2v) is 5.05. The highest BCUT2D eigenvalue weighted by Crippen LogP contribution is 2.35. The van der Waals surface area contributed by atoms with Gasteiger partial charge in [0.05, 0.1) is 24.9 Å². The van der Waals surface area contributed by atoms with Crippen LogP contribution < -0.4 is 14.8 Å². The van der Waals surface area contributed by atoms with Gasteiger partial charge in [0.2, 0.25) is 5.91 Å². The van der Waals surface area contributed by atoms with Crippen molar-refractivity contribution < 1.29 is 23.0 Å². The number of amides is 1. The van der Waals surface area contributed by atoms with Crippen LogP contribution in [-0.4, -0.2) is 20.1 Å². The first-order chi connectivity index (χ1) is 11.5. The molecular formula is C17H14ClF2NO3. The molecule has 0 atom stereocenters. The molecule has 0 saturated carbocycles. The number of rotatable bonds is 5. The summed E-state index contributed by atoms with van der Waals surface area (Å²) < 4.78 is 37.2. The Hall–Kier alpha value is -2.60. The molecule has 1 N–H and O–H groups in total. The van der Waals surface area contributed by atoms with Crippen LogP contribution in [0.15, 0.2) is 36.4 Å². The van der Waals surface area contributed by atoms with Gasteiger partial charge in [-0.25, -0.2) is 8.78 Å². The Balaban J connectivity index is 2.22. The van der Waals surface area contributed by atoms with Crippen molar-refractivity contribution in [2.75, 3.05) is 19.5 Å². The molecule has 0 heterocycles. The van der Waals surface area contributed by atoms with Gasteiger partial charge in [-0.3, -0.25) is 4.79 Å². The molecule has 2 rings (SSSR count). The lowest BCUT2D eigenvalue weighted by Crippen LogP contribution is -2.09. The number of anilines is 1. The number of halogens is 3. The van der Waals surface area contributed by atoms with Crippen molar-refractivity contribution in [2.24, 2.45) is 0 Å². The molecule has 2 aromatic rings. The fourth-order valence-electron chi connectivity index (χ4n) is 1.96. The van der Waals surface area contributed by atoms with E-state index in [0.29, 0.717) is 22.2 Å². The molecule has 7 heteroatoms. The molecule has 0 saturated heterocycles. The van der Waals surface area contributed by atoms with Crippen molar-refractivity contribution in [1.82, 2.24) is 0 Å². The standard InChI is InChI=1S/C17H14ClF2NO3/c1-23-15-9-14(16(24-2)8-11(15)18)21-17(22)7-6-10-12(19)4-3-5-13(10)20/h3-9H,1-2H3,(H,21,22)/b7-6+. The van der Waals surface area contributed by atoms with Gasteiger partial charge in [0, 0.05) is 23.8 Å². The van der Waals surface area contributed by atoms with Crippen molar-refractivity contribution >= 4 is 29.3 Å². The van der Waals surface area contributed by atoms with Crippen molar-refractivity contribution in [3.05, 3.63) is 58.6 Å². The average Bonchev–Trinajstić information content (AvgIpc) is 2.55. The van der Waals surface area contributed by atoms with E-state index in [1.165, 1.54) is 32.4 Å². The Labute approximate surface area is 142 Å². The molecular weight excluding hydrogens is 340 g/mol. The molecule has 0 spiro atoms. The van der Waals surface area contributed by atoms with Crippen molar-refractivity contribution in [3.8, 4) is 11.5 Å². The number of methoxy groups -OCH3 is 2. The molecule has 1 amide bonds. The second kappa shape index (κ2) is 7.79. The van der Waals surface area contributed by atoms with Crippen molar-refractivity contribution in [3.63, 3.8) is 0 Å². The van der Waals surface area contributed by atoms with Gasteiger partial charge in [-0.2, -0.15) is 0 Å². The van der Waals surface area contributed by atoms with Gasteiger partial charge < -0.3 is 14.8 Å². The zero-order chi connectivity index (χ0) is 17.7. The van der Waals surface area contributed by atoms with Crippen LogP contribution in [0.3, 0.4) is 0 Å². The lowest BCUT2D eigenvalue weighted by molar-refractivity contribution is -0.111. The SMILES string of the molecule is COc1cc(NC(=O)/C=C/c2c(F)cccc2F)c(OC)cc1Cl. The predicted molar refractivity (Wildman–Crippen MR) is 88.6 cm³/mol. The van der Waals surface area contributed by atoms with Gasteiger partial charge in [0.15, 0.2) is 0 Å². The van der Waals surface area contributed by atoms with Crippen LogP contribution in [0.1, 0.15) is 5.56 Å². The Morgan fingerprint density at radius 1 is 1.12 bits per heavy atom. The topological polar surface area (TPSA) is 47.6 Å². The minimum absolute atomic E-state index is 0.298. The third-order valence-corrected chi connectivity index (χ3v) is 3.43. The number of nitrogens with one attached hydrogen (secondary N) is 1. The largest absolute Gasteiger partial charge is 0.495 e. The molecule has 4 nitrogen and oxygen atoms in total. The Morgan fingerprint density at radius 2 is 1.75 bits per heavy atom. The summed E-state index contributed by atoms with van der Waals surface area (Å²) in [6.45, 7) is 0. The molecule has 0 radical (unpaired) electrons. The highest BCUT2D eigenvalue weighted by Gasteiger charge is 2.12. The molecule has 2 aromatic carbocycles. The minimum Gasteiger partial charge on any atom is -0.495 e. The van der Waals surface area contributed by atoms with E-state index in [9.17, 15) is 13.6 Å². The summed E-state index contributed by atoms with van der Waals surface area (Å²) in [5.41, 5.74) is 0.00991. The van der Waals surface area contributed by atoms with Gasteiger partial charge in [0.1, 0.15) is 23.1 Å². The molecule has 126 valence electrons. The van der Waals surface area contributed by atoms with Crippen LogP contribution in [0.4, 0.5) is 14.5 Å². The molecule has 0 aromatic heterocycles. The summed E-state index contributed by atoms with van der Waals surface area (Å²) in [5, 5.41) is 2.85. The van der Waals surface area contributed by atoms with Crippen molar-refractivity contribution in [2.45, 2.75) is 0 Å². The van der Waals surface area contributed by atoms with Crippen LogP contribution in [0.5, 0.6) is 11.5 Å². The monoisotopic (exact) mass is 353 g/mol. The van der Waals surface area contributed by atoms with Crippen LogP contribution >= 0.6 is 11.6 Å². The Kier molecular flexibility index (Phi) is 5.76. The maximum absolute atomic E-state index is 13.5. The van der Waals surface area contributed by atoms with E-state index in [2.05, 4.69) is 5.32 Å². The number of hydrogen-bond donors (Lipinski definition) is 1. The van der Waals surface area contributed by atoms with Crippen molar-refractivity contribution in [1.29, 1.82) is 0 Å². The van der Waals surface area contributed by atoms with Crippen LogP contribution in [0, 0.1) is 11.6 Å². The van der Waals surface area contributed by atoms with E-state index in [0.717, 1.165) is 24.3 Å². The summed E-state index contributed by atoms with van der Waals surface area (Å²) in [4.78, 5) is 12.0. The third-order valence-electron chi connectivity index (χ3n) is 3.13. The third kappa shape index (κ3) is 4.02. The Morgan fingerprint density at radius 3 is 2.33 bits per heavy atom. The first-order valence-electron chi connectivity index (χ1n) is 6.81. The van der Waals surface area contributed by atoms with E-state index >= 15 is 0 Å². The first kappa shape index (κ1) is 17.7. The minimum atomic E-state index is -0.759. The molecule has 0 aliphatic carbocycles. The maximum Gasteiger partial charge on any atom is 0.248 e. The number of ether oxygens (including phenoxy) is 2. The average molecular weight is 354 g/mol. The van der Waals surface area contributed by atoms with Crippen LogP contribution in [-0.2, 0) is 4.79 Å². The fraction of sp³-hybridized carbons (Fsp3) is 0.118. The van der Waals surface area contributed by atoms with Gasteiger partial charge in [-0.05, 0) is 18.2 Å². The van der Waals surface area contributed by atoms with E-state index in [-0.39, 0.29) is 5.56 Å². The first-order valence-corrected chi connectivity index (χ1v) is 7.18. The van der Waals surface area contributed by atoms with Crippen LogP contribution in [0.25, 0.3) is 6.08 Å². The number of benzene rings is 2. The zero-order valence-corrected chi connectivity index (χ0v) is 13.7. The van der Waals surface area contributed by atoms with Gasteiger partial charge in [0.25, 0.3) is 0 Å². The summed E-state index contributed by atoms with van der Waals surface area (Å²) in [7, 11) is 2.85. The highest BCUT2D eigenvalue weighted by molar-refractivity contribution is 6.32. The molecule has 24 heavy (non-hydrogen) atoms. The fourth-order valence-corrected chi connectivity index (χ4v) is 2.19. The summed E-state index contributed by atoms with van der Waals surface area (Å²) in [6, 6.07) is 6.42. The summed E-state index contributed by atoms with van der Waals surface area (Å²) >= 11 is 5.98. The molecule has 0 fully saturated rings. The summed E-state index contributed by atoms with van der Waals surface area (Å²) in [6.07, 6.45) is 2.07. The Bertz CT molecular complexity index is 773. The van der Waals surface area contributed by atoms with E-state index in [4.69, 9.17) is 21.1 Å². The number of hydrogen-bond acceptors (Lipinski definition) is 3. The van der Waals surface area contributed by atoms with Gasteiger partial charge >= 0.3 is 0 Å². The predicted octanol–water partition coefficient (Wildman–Crippen LogP) is 4.29.